The number of benzene rings is 1. The number of nitro groups is 1. The predicted octanol–water partition coefficient (Wildman–Crippen LogP) is 2.58. The highest BCUT2D eigenvalue weighted by molar-refractivity contribution is 5.96. The summed E-state index contributed by atoms with van der Waals surface area (Å²) in [7, 11) is 0. The summed E-state index contributed by atoms with van der Waals surface area (Å²) in [5.41, 5.74) is -2.28. The molecule has 1 N–H and O–H groups in total. The highest BCUT2D eigenvalue weighted by Gasteiger charge is 2.45. The average molecular weight is 358 g/mol. The van der Waals surface area contributed by atoms with Gasteiger partial charge >= 0.3 is 12.1 Å². The maximum atomic E-state index is 13.3. The normalized spacial score (nSPS) is 17.9. The van der Waals surface area contributed by atoms with Gasteiger partial charge in [-0.2, -0.15) is 13.2 Å². The van der Waals surface area contributed by atoms with Crippen LogP contribution in [0.15, 0.2) is 35.5 Å². The molecule has 1 aromatic rings. The minimum atomic E-state index is -4.96. The van der Waals surface area contributed by atoms with Crippen LogP contribution >= 0.6 is 0 Å². The van der Waals surface area contributed by atoms with Crippen LogP contribution in [-0.2, 0) is 14.3 Å². The van der Waals surface area contributed by atoms with Crippen LogP contribution in [0.2, 0.25) is 0 Å². The predicted molar refractivity (Wildman–Crippen MR) is 78.3 cm³/mol. The van der Waals surface area contributed by atoms with E-state index in [2.05, 4.69) is 0 Å². The summed E-state index contributed by atoms with van der Waals surface area (Å²) in [5.74, 6) is -3.33. The van der Waals surface area contributed by atoms with Gasteiger partial charge in [-0.3, -0.25) is 14.9 Å². The molecular formula is C15H13F3N2O5. The van der Waals surface area contributed by atoms with Crippen molar-refractivity contribution in [2.75, 3.05) is 6.61 Å². The lowest BCUT2D eigenvalue weighted by Crippen LogP contribution is -2.41. The number of halogens is 3. The third-order valence-electron chi connectivity index (χ3n) is 3.56. The van der Waals surface area contributed by atoms with Gasteiger partial charge in [0.2, 0.25) is 5.91 Å². The van der Waals surface area contributed by atoms with Gasteiger partial charge in [0.05, 0.1) is 17.1 Å². The molecule has 0 bridgehead atoms. The lowest BCUT2D eigenvalue weighted by molar-refractivity contribution is -0.384. The third-order valence-corrected chi connectivity index (χ3v) is 3.56. The van der Waals surface area contributed by atoms with Crippen molar-refractivity contribution in [1.29, 1.82) is 0 Å². The second-order valence-corrected chi connectivity index (χ2v) is 5.16. The van der Waals surface area contributed by atoms with Gasteiger partial charge < -0.3 is 10.1 Å². The number of carbonyl (C=O) groups is 2. The Bertz CT molecular complexity index is 741. The van der Waals surface area contributed by atoms with Crippen molar-refractivity contribution in [1.82, 2.24) is 5.32 Å². The zero-order valence-corrected chi connectivity index (χ0v) is 12.9. The molecule has 25 heavy (non-hydrogen) atoms. The van der Waals surface area contributed by atoms with E-state index in [4.69, 9.17) is 4.74 Å². The fraction of sp³-hybridized carbons (Fsp3) is 0.333. The SMILES string of the molecule is CCOC(=O)C1=C(C(F)(F)F)NC(=O)C[C@@H]1c1ccc([N+](=O)[O-])cc1. The van der Waals surface area contributed by atoms with Crippen molar-refractivity contribution < 1.29 is 32.4 Å². The number of nitrogens with one attached hydrogen (secondary N) is 1. The first-order valence-electron chi connectivity index (χ1n) is 7.17. The number of carbonyl (C=O) groups excluding carboxylic acids is 2. The molecule has 1 atom stereocenters. The van der Waals surface area contributed by atoms with Gasteiger partial charge in [-0.25, -0.2) is 4.79 Å². The topological polar surface area (TPSA) is 98.5 Å². The van der Waals surface area contributed by atoms with Gasteiger partial charge in [-0.1, -0.05) is 12.1 Å². The molecule has 0 saturated carbocycles. The summed E-state index contributed by atoms with van der Waals surface area (Å²) < 4.78 is 44.5. The average Bonchev–Trinajstić information content (AvgIpc) is 2.53. The van der Waals surface area contributed by atoms with Gasteiger partial charge in [-0.05, 0) is 12.5 Å². The first kappa shape index (κ1) is 18.4. The van der Waals surface area contributed by atoms with E-state index in [1.54, 1.807) is 5.32 Å². The Kier molecular flexibility index (Phi) is 5.10. The van der Waals surface area contributed by atoms with E-state index in [1.165, 1.54) is 19.1 Å². The van der Waals surface area contributed by atoms with Crippen LogP contribution < -0.4 is 5.32 Å². The number of non-ortho nitro benzene ring substituents is 1. The molecule has 0 spiro atoms. The Balaban J connectivity index is 2.57. The summed E-state index contributed by atoms with van der Waals surface area (Å²) in [5, 5.41) is 12.4. The molecule has 2 rings (SSSR count). The molecule has 1 aromatic carbocycles. The molecule has 0 radical (unpaired) electrons. The molecule has 10 heteroatoms. The number of nitro benzene ring substituents is 1. The van der Waals surface area contributed by atoms with Crippen LogP contribution in [0.5, 0.6) is 0 Å². The summed E-state index contributed by atoms with van der Waals surface area (Å²) in [6.45, 7) is 1.29. The van der Waals surface area contributed by atoms with Crippen LogP contribution in [0.4, 0.5) is 18.9 Å². The third kappa shape index (κ3) is 3.95. The zero-order valence-electron chi connectivity index (χ0n) is 12.9. The molecular weight excluding hydrogens is 345 g/mol. The van der Waals surface area contributed by atoms with Crippen molar-refractivity contribution in [2.24, 2.45) is 0 Å². The molecule has 1 amide bonds. The number of hydrogen-bond acceptors (Lipinski definition) is 5. The Morgan fingerprint density at radius 3 is 2.44 bits per heavy atom. The Morgan fingerprint density at radius 2 is 1.96 bits per heavy atom. The Morgan fingerprint density at radius 1 is 1.36 bits per heavy atom. The lowest BCUT2D eigenvalue weighted by Gasteiger charge is -2.28. The van der Waals surface area contributed by atoms with Gasteiger partial charge in [0.1, 0.15) is 5.70 Å². The Labute approximate surface area is 139 Å². The van der Waals surface area contributed by atoms with E-state index in [9.17, 15) is 32.9 Å². The molecule has 1 heterocycles. The lowest BCUT2D eigenvalue weighted by atomic mass is 9.84. The molecule has 1 aliphatic heterocycles. The summed E-state index contributed by atoms with van der Waals surface area (Å²) in [6.07, 6.45) is -5.37. The number of rotatable bonds is 4. The summed E-state index contributed by atoms with van der Waals surface area (Å²) >= 11 is 0. The molecule has 0 aliphatic carbocycles. The van der Waals surface area contributed by atoms with Crippen LogP contribution in [0.25, 0.3) is 0 Å². The Hall–Kier alpha value is -2.91. The van der Waals surface area contributed by atoms with E-state index in [0.717, 1.165) is 12.1 Å². The van der Waals surface area contributed by atoms with Crippen molar-refractivity contribution in [3.05, 3.63) is 51.2 Å². The number of nitrogens with zero attached hydrogens (tertiary/aromatic N) is 1. The summed E-state index contributed by atoms with van der Waals surface area (Å²) in [4.78, 5) is 33.8. The minimum absolute atomic E-state index is 0.144. The number of amides is 1. The maximum absolute atomic E-state index is 13.3. The van der Waals surface area contributed by atoms with Crippen LogP contribution in [0, 0.1) is 10.1 Å². The fourth-order valence-electron chi connectivity index (χ4n) is 2.51. The first-order chi connectivity index (χ1) is 11.6. The van der Waals surface area contributed by atoms with Crippen molar-refractivity contribution in [3.63, 3.8) is 0 Å². The molecule has 7 nitrogen and oxygen atoms in total. The maximum Gasteiger partial charge on any atom is 0.431 e. The van der Waals surface area contributed by atoms with E-state index in [-0.39, 0.29) is 17.9 Å². The molecule has 0 fully saturated rings. The van der Waals surface area contributed by atoms with Gasteiger partial charge in [-0.15, -0.1) is 0 Å². The molecule has 0 unspecified atom stereocenters. The standard InChI is InChI=1S/C15H13F3N2O5/c1-2-25-14(22)12-10(7-11(21)19-13(12)15(16,17)18)8-3-5-9(6-4-8)20(23)24/h3-6,10H,2,7H2,1H3,(H,19,21)/t10-/m1/s1. The molecule has 0 aromatic heterocycles. The van der Waals surface area contributed by atoms with Crippen molar-refractivity contribution in [3.8, 4) is 0 Å². The molecule has 134 valence electrons. The second-order valence-electron chi connectivity index (χ2n) is 5.16. The van der Waals surface area contributed by atoms with Crippen LogP contribution in [0.3, 0.4) is 0 Å². The largest absolute Gasteiger partial charge is 0.463 e. The summed E-state index contributed by atoms with van der Waals surface area (Å²) in [6, 6.07) is 4.62. The number of allylic oxidation sites excluding steroid dienone is 1. The number of ether oxygens (including phenoxy) is 1. The monoisotopic (exact) mass is 358 g/mol. The van der Waals surface area contributed by atoms with E-state index < -0.39 is 46.6 Å². The van der Waals surface area contributed by atoms with E-state index >= 15 is 0 Å². The number of hydrogen-bond donors (Lipinski definition) is 1. The number of esters is 1. The molecule has 1 aliphatic rings. The quantitative estimate of drug-likeness (QED) is 0.507. The van der Waals surface area contributed by atoms with E-state index in [0.29, 0.717) is 0 Å². The highest BCUT2D eigenvalue weighted by atomic mass is 19.4. The first-order valence-corrected chi connectivity index (χ1v) is 7.17. The van der Waals surface area contributed by atoms with E-state index in [1.807, 2.05) is 0 Å². The second kappa shape index (κ2) is 6.91. The fourth-order valence-corrected chi connectivity index (χ4v) is 2.51. The zero-order chi connectivity index (χ0) is 18.8. The van der Waals surface area contributed by atoms with Gasteiger partial charge in [0.15, 0.2) is 0 Å². The smallest absolute Gasteiger partial charge is 0.431 e. The number of alkyl halides is 3. The molecule has 0 saturated heterocycles. The van der Waals surface area contributed by atoms with Crippen LogP contribution in [0.1, 0.15) is 24.8 Å². The van der Waals surface area contributed by atoms with Gasteiger partial charge in [0, 0.05) is 24.5 Å². The van der Waals surface area contributed by atoms with Crippen molar-refractivity contribution >= 4 is 17.6 Å². The van der Waals surface area contributed by atoms with Crippen molar-refractivity contribution in [2.45, 2.75) is 25.4 Å². The van der Waals surface area contributed by atoms with Crippen LogP contribution in [-0.4, -0.2) is 29.6 Å². The van der Waals surface area contributed by atoms with Gasteiger partial charge in [0.25, 0.3) is 5.69 Å². The highest BCUT2D eigenvalue weighted by Crippen LogP contribution is 2.39. The minimum Gasteiger partial charge on any atom is -0.463 e.